The second-order valence-electron chi connectivity index (χ2n) is 15.6. The monoisotopic (exact) mass is 742 g/mol. The molecular weight excluding hydrogens is 709 g/mol. The maximum atomic E-state index is 6.35. The molecule has 0 bridgehead atoms. The molecule has 13 rings (SSSR count). The molecule has 4 aromatic heterocycles. The fourth-order valence-corrected chi connectivity index (χ4v) is 9.67. The van der Waals surface area contributed by atoms with Crippen molar-refractivity contribution in [2.24, 2.45) is 0 Å². The maximum Gasteiger partial charge on any atom is 0.135 e. The molecule has 58 heavy (non-hydrogen) atoms. The summed E-state index contributed by atoms with van der Waals surface area (Å²) < 4.78 is 17.5. The number of para-hydroxylation sites is 1. The highest BCUT2D eigenvalue weighted by Crippen LogP contribution is 2.43. The lowest BCUT2D eigenvalue weighted by atomic mass is 10.0. The van der Waals surface area contributed by atoms with Crippen LogP contribution in [0.1, 0.15) is 17.7 Å². The molecule has 12 aromatic rings. The van der Waals surface area contributed by atoms with E-state index in [4.69, 9.17) is 8.83 Å². The Morgan fingerprint density at radius 1 is 0.362 bits per heavy atom. The highest BCUT2D eigenvalue weighted by atomic mass is 16.3. The van der Waals surface area contributed by atoms with Crippen LogP contribution < -0.4 is 0 Å². The average Bonchev–Trinajstić information content (AvgIpc) is 4.03. The van der Waals surface area contributed by atoms with E-state index in [2.05, 4.69) is 179 Å². The standard InChI is InChI=1S/C54H34N2O2/c1-3-11-33(12-4-1)35-19-23-47-41(27-35)43-31-44-42-28-36(34-13-5-2-6-14-34)20-24-48(42)56(38-22-26-54-46(30-38)40-16-8-10-18-52(40)58-54)50(44)32-49(43)55(47)37-21-25-53-45(29-37)39-15-7-9-17-51(39)57-53/h1-7,9-15,17-32H,8,16H2. The fourth-order valence-electron chi connectivity index (χ4n) is 9.67. The summed E-state index contributed by atoms with van der Waals surface area (Å²) in [5.41, 5.74) is 15.7. The van der Waals surface area contributed by atoms with Gasteiger partial charge in [-0.15, -0.1) is 0 Å². The van der Waals surface area contributed by atoms with Crippen molar-refractivity contribution in [3.63, 3.8) is 0 Å². The number of hydrogen-bond donors (Lipinski definition) is 0. The van der Waals surface area contributed by atoms with E-state index >= 15 is 0 Å². The second-order valence-corrected chi connectivity index (χ2v) is 15.6. The molecular formula is C54H34N2O2. The summed E-state index contributed by atoms with van der Waals surface area (Å²) in [5.74, 6) is 0.983. The summed E-state index contributed by atoms with van der Waals surface area (Å²) in [6.07, 6.45) is 6.35. The molecule has 0 fully saturated rings. The van der Waals surface area contributed by atoms with Gasteiger partial charge in [0.15, 0.2) is 0 Å². The van der Waals surface area contributed by atoms with Crippen LogP contribution in [0.5, 0.6) is 0 Å². The van der Waals surface area contributed by atoms with Gasteiger partial charge in [0, 0.05) is 54.6 Å². The summed E-state index contributed by atoms with van der Waals surface area (Å²) in [5, 5.41) is 8.30. The molecule has 4 heteroatoms. The minimum Gasteiger partial charge on any atom is -0.456 e. The lowest BCUT2D eigenvalue weighted by molar-refractivity contribution is 0.595. The van der Waals surface area contributed by atoms with Crippen molar-refractivity contribution in [2.45, 2.75) is 12.8 Å². The molecule has 0 saturated carbocycles. The van der Waals surface area contributed by atoms with Gasteiger partial charge in [0.1, 0.15) is 22.5 Å². The highest BCUT2D eigenvalue weighted by Gasteiger charge is 2.22. The van der Waals surface area contributed by atoms with Crippen LogP contribution >= 0.6 is 0 Å². The van der Waals surface area contributed by atoms with Gasteiger partial charge < -0.3 is 18.0 Å². The molecule has 0 radical (unpaired) electrons. The third-order valence-corrected chi connectivity index (χ3v) is 12.4. The van der Waals surface area contributed by atoms with Gasteiger partial charge in [0.25, 0.3) is 0 Å². The first-order chi connectivity index (χ1) is 28.7. The number of benzene rings is 8. The molecule has 1 aliphatic carbocycles. The third kappa shape index (κ3) is 4.57. The van der Waals surface area contributed by atoms with Crippen LogP contribution in [-0.4, -0.2) is 9.13 Å². The Bertz CT molecular complexity index is 3670. The summed E-state index contributed by atoms with van der Waals surface area (Å²) in [7, 11) is 0. The van der Waals surface area contributed by atoms with Crippen molar-refractivity contribution in [1.82, 2.24) is 9.13 Å². The van der Waals surface area contributed by atoms with Crippen LogP contribution in [0.2, 0.25) is 0 Å². The number of nitrogens with zero attached hydrogens (tertiary/aromatic N) is 2. The van der Waals surface area contributed by atoms with E-state index in [9.17, 15) is 0 Å². The minimum atomic E-state index is 0.890. The summed E-state index contributed by atoms with van der Waals surface area (Å²) in [6.45, 7) is 0. The fraction of sp³-hybridized carbons (Fsp3) is 0.0370. The Kier molecular flexibility index (Phi) is 6.53. The number of aryl methyl sites for hydroxylation is 1. The Hall–Kier alpha value is -7.56. The van der Waals surface area contributed by atoms with Crippen molar-refractivity contribution in [2.75, 3.05) is 0 Å². The Balaban J connectivity index is 1.15. The smallest absolute Gasteiger partial charge is 0.135 e. The largest absolute Gasteiger partial charge is 0.456 e. The molecule has 0 amide bonds. The number of hydrogen-bond acceptors (Lipinski definition) is 2. The van der Waals surface area contributed by atoms with Gasteiger partial charge in [-0.3, -0.25) is 0 Å². The molecule has 0 aliphatic heterocycles. The summed E-state index contributed by atoms with van der Waals surface area (Å²) in [6, 6.07) is 61.8. The van der Waals surface area contributed by atoms with Crippen LogP contribution in [0.25, 0.3) is 116 Å². The normalized spacial score (nSPS) is 13.0. The topological polar surface area (TPSA) is 36.1 Å². The van der Waals surface area contributed by atoms with E-state index in [-0.39, 0.29) is 0 Å². The zero-order valence-electron chi connectivity index (χ0n) is 31.4. The molecule has 4 heterocycles. The first kappa shape index (κ1) is 31.6. The molecule has 0 unspecified atom stereocenters. The van der Waals surface area contributed by atoms with E-state index in [0.717, 1.165) is 74.0 Å². The van der Waals surface area contributed by atoms with Gasteiger partial charge in [-0.25, -0.2) is 0 Å². The molecule has 0 saturated heterocycles. The lowest BCUT2D eigenvalue weighted by Gasteiger charge is -2.11. The van der Waals surface area contributed by atoms with Gasteiger partial charge in [0.05, 0.1) is 22.1 Å². The van der Waals surface area contributed by atoms with Gasteiger partial charge in [0.2, 0.25) is 0 Å². The van der Waals surface area contributed by atoms with Gasteiger partial charge in [-0.1, -0.05) is 97.1 Å². The van der Waals surface area contributed by atoms with Crippen LogP contribution in [0.3, 0.4) is 0 Å². The summed E-state index contributed by atoms with van der Waals surface area (Å²) in [4.78, 5) is 0. The molecule has 8 aromatic carbocycles. The summed E-state index contributed by atoms with van der Waals surface area (Å²) >= 11 is 0. The first-order valence-corrected chi connectivity index (χ1v) is 20.0. The van der Waals surface area contributed by atoms with E-state index in [0.29, 0.717) is 0 Å². The minimum absolute atomic E-state index is 0.890. The molecule has 0 atom stereocenters. The third-order valence-electron chi connectivity index (χ3n) is 12.4. The predicted molar refractivity (Wildman–Crippen MR) is 240 cm³/mol. The average molecular weight is 743 g/mol. The zero-order valence-corrected chi connectivity index (χ0v) is 31.4. The van der Waals surface area contributed by atoms with Crippen molar-refractivity contribution in [3.8, 4) is 33.6 Å². The van der Waals surface area contributed by atoms with Crippen LogP contribution in [0.4, 0.5) is 0 Å². The Labute approximate surface area is 333 Å². The van der Waals surface area contributed by atoms with Gasteiger partial charge >= 0.3 is 0 Å². The van der Waals surface area contributed by atoms with Crippen molar-refractivity contribution in [3.05, 3.63) is 187 Å². The molecule has 0 spiro atoms. The van der Waals surface area contributed by atoms with Crippen molar-refractivity contribution >= 4 is 82.6 Å². The highest BCUT2D eigenvalue weighted by molar-refractivity contribution is 6.20. The van der Waals surface area contributed by atoms with E-state index in [1.165, 1.54) is 60.3 Å². The quantitative estimate of drug-likeness (QED) is 0.180. The first-order valence-electron chi connectivity index (χ1n) is 20.0. The number of aromatic nitrogens is 2. The molecule has 4 nitrogen and oxygen atoms in total. The number of furan rings is 2. The van der Waals surface area contributed by atoms with Crippen LogP contribution in [-0.2, 0) is 6.42 Å². The van der Waals surface area contributed by atoms with Crippen LogP contribution in [0.15, 0.2) is 185 Å². The predicted octanol–water partition coefficient (Wildman–Crippen LogP) is 14.8. The zero-order chi connectivity index (χ0) is 37.9. The number of rotatable bonds is 4. The van der Waals surface area contributed by atoms with Gasteiger partial charge in [-0.2, -0.15) is 0 Å². The molecule has 0 N–H and O–H groups in total. The van der Waals surface area contributed by atoms with E-state index < -0.39 is 0 Å². The lowest BCUT2D eigenvalue weighted by Crippen LogP contribution is -1.96. The maximum absolute atomic E-state index is 6.35. The van der Waals surface area contributed by atoms with Gasteiger partial charge in [-0.05, 0) is 120 Å². The second kappa shape index (κ2) is 12.0. The van der Waals surface area contributed by atoms with E-state index in [1.54, 1.807) is 0 Å². The SMILES string of the molecule is C1=Cc2oc3ccc(-n4c5ccc(-c6ccccc6)cc5c5cc6c7cc(-c8ccccc8)ccc7n(-c7ccc8oc9ccccc9c8c7)c6cc54)cc3c2CC1. The van der Waals surface area contributed by atoms with Crippen molar-refractivity contribution < 1.29 is 8.83 Å². The molecule has 1 aliphatic rings. The molecule has 272 valence electrons. The Morgan fingerprint density at radius 3 is 1.57 bits per heavy atom. The van der Waals surface area contributed by atoms with Crippen LogP contribution in [0, 0.1) is 0 Å². The van der Waals surface area contributed by atoms with E-state index in [1.807, 2.05) is 12.1 Å². The van der Waals surface area contributed by atoms with Crippen molar-refractivity contribution in [1.29, 1.82) is 0 Å². The Morgan fingerprint density at radius 2 is 0.914 bits per heavy atom. The number of allylic oxidation sites excluding steroid dienone is 1. The number of fused-ring (bicyclic) bond motifs is 12.